The fraction of sp³-hybridized carbons (Fsp3) is 0.533. The normalized spacial score (nSPS) is 15.7. The lowest BCUT2D eigenvalue weighted by molar-refractivity contribution is 0.0375. The molecule has 1 aromatic rings. The van der Waals surface area contributed by atoms with Crippen LogP contribution in [0.2, 0.25) is 0 Å². The third kappa shape index (κ3) is 5.71. The van der Waals surface area contributed by atoms with Crippen LogP contribution < -0.4 is 16.4 Å². The molecule has 4 N–H and O–H groups in total. The van der Waals surface area contributed by atoms with Crippen molar-refractivity contribution in [3.05, 3.63) is 29.8 Å². The molecule has 0 aliphatic carbocycles. The Kier molecular flexibility index (Phi) is 6.46. The predicted octanol–water partition coefficient (Wildman–Crippen LogP) is 0.989. The van der Waals surface area contributed by atoms with Crippen LogP contribution in [-0.4, -0.2) is 50.3 Å². The predicted molar refractivity (Wildman–Crippen MR) is 83.2 cm³/mol. The number of hydrogen-bond acceptors (Lipinski definition) is 4. The monoisotopic (exact) mass is 292 g/mol. The van der Waals surface area contributed by atoms with E-state index in [-0.39, 0.29) is 6.03 Å². The summed E-state index contributed by atoms with van der Waals surface area (Å²) in [6.45, 7) is 5.72. The first-order valence-corrected chi connectivity index (χ1v) is 7.42. The second kappa shape index (κ2) is 8.61. The summed E-state index contributed by atoms with van der Waals surface area (Å²) in [5, 5.41) is 5.68. The van der Waals surface area contributed by atoms with Gasteiger partial charge in [-0.1, -0.05) is 12.1 Å². The molecule has 1 aliphatic rings. The van der Waals surface area contributed by atoms with E-state index in [1.807, 2.05) is 24.3 Å². The minimum atomic E-state index is -0.175. The Morgan fingerprint density at radius 3 is 2.90 bits per heavy atom. The average Bonchev–Trinajstić information content (AvgIpc) is 2.53. The third-order valence-corrected chi connectivity index (χ3v) is 3.46. The van der Waals surface area contributed by atoms with Crippen LogP contribution in [0.3, 0.4) is 0 Å². The number of rotatable bonds is 6. The van der Waals surface area contributed by atoms with Gasteiger partial charge in [0, 0.05) is 31.9 Å². The largest absolute Gasteiger partial charge is 0.379 e. The molecule has 1 heterocycles. The zero-order valence-corrected chi connectivity index (χ0v) is 12.3. The lowest BCUT2D eigenvalue weighted by Gasteiger charge is -2.26. The average molecular weight is 292 g/mol. The Labute approximate surface area is 125 Å². The van der Waals surface area contributed by atoms with Gasteiger partial charge in [0.1, 0.15) is 0 Å². The molecule has 0 atom stereocenters. The van der Waals surface area contributed by atoms with E-state index in [0.29, 0.717) is 13.1 Å². The molecule has 0 unspecified atom stereocenters. The summed E-state index contributed by atoms with van der Waals surface area (Å²) < 4.78 is 5.30. The second-order valence-electron chi connectivity index (χ2n) is 5.09. The van der Waals surface area contributed by atoms with E-state index >= 15 is 0 Å². The maximum Gasteiger partial charge on any atom is 0.319 e. The van der Waals surface area contributed by atoms with Gasteiger partial charge >= 0.3 is 6.03 Å². The van der Waals surface area contributed by atoms with Crippen LogP contribution in [0.25, 0.3) is 0 Å². The van der Waals surface area contributed by atoms with Crippen molar-refractivity contribution < 1.29 is 9.53 Å². The number of carbonyl (C=O) groups is 1. The molecule has 1 aromatic carbocycles. The summed E-state index contributed by atoms with van der Waals surface area (Å²) in [5.74, 6) is 0. The van der Waals surface area contributed by atoms with Crippen LogP contribution in [0.15, 0.2) is 24.3 Å². The Balaban J connectivity index is 1.62. The van der Waals surface area contributed by atoms with Crippen molar-refractivity contribution in [1.82, 2.24) is 10.2 Å². The van der Waals surface area contributed by atoms with Gasteiger partial charge in [0.15, 0.2) is 0 Å². The van der Waals surface area contributed by atoms with Crippen molar-refractivity contribution >= 4 is 11.7 Å². The van der Waals surface area contributed by atoms with Crippen molar-refractivity contribution in [1.29, 1.82) is 0 Å². The molecule has 6 nitrogen and oxygen atoms in total. The number of carbonyl (C=O) groups excluding carboxylic acids is 1. The number of hydrogen-bond donors (Lipinski definition) is 3. The first kappa shape index (κ1) is 15.8. The highest BCUT2D eigenvalue weighted by molar-refractivity contribution is 5.89. The van der Waals surface area contributed by atoms with Gasteiger partial charge in [-0.05, 0) is 30.7 Å². The Hall–Kier alpha value is -1.63. The number of nitrogens with one attached hydrogen (secondary N) is 2. The number of nitrogens with zero attached hydrogens (tertiary/aromatic N) is 1. The molecule has 0 bridgehead atoms. The smallest absolute Gasteiger partial charge is 0.319 e. The van der Waals surface area contributed by atoms with Crippen LogP contribution in [0, 0.1) is 0 Å². The van der Waals surface area contributed by atoms with Crippen LogP contribution in [0.4, 0.5) is 10.5 Å². The van der Waals surface area contributed by atoms with E-state index in [1.54, 1.807) is 0 Å². The second-order valence-corrected chi connectivity index (χ2v) is 5.09. The Morgan fingerprint density at radius 2 is 2.14 bits per heavy atom. The maximum atomic E-state index is 11.8. The molecule has 6 heteroatoms. The van der Waals surface area contributed by atoms with Gasteiger partial charge in [0.05, 0.1) is 13.2 Å². The molecule has 2 amide bonds. The van der Waals surface area contributed by atoms with Gasteiger partial charge in [-0.3, -0.25) is 4.90 Å². The number of ether oxygens (including phenoxy) is 1. The zero-order valence-electron chi connectivity index (χ0n) is 12.3. The van der Waals surface area contributed by atoms with E-state index in [2.05, 4.69) is 15.5 Å². The van der Waals surface area contributed by atoms with Gasteiger partial charge in [-0.25, -0.2) is 4.79 Å². The van der Waals surface area contributed by atoms with Crippen molar-refractivity contribution in [2.24, 2.45) is 5.73 Å². The van der Waals surface area contributed by atoms with Gasteiger partial charge < -0.3 is 21.1 Å². The molecule has 2 rings (SSSR count). The highest BCUT2D eigenvalue weighted by Gasteiger charge is 2.09. The highest BCUT2D eigenvalue weighted by Crippen LogP contribution is 2.09. The van der Waals surface area contributed by atoms with E-state index < -0.39 is 0 Å². The molecule has 0 saturated carbocycles. The topological polar surface area (TPSA) is 79.6 Å². The molecular formula is C15H24N4O2. The molecule has 1 aliphatic heterocycles. The molecule has 1 fully saturated rings. The summed E-state index contributed by atoms with van der Waals surface area (Å²) in [7, 11) is 0. The van der Waals surface area contributed by atoms with Gasteiger partial charge in [0.25, 0.3) is 0 Å². The van der Waals surface area contributed by atoms with E-state index in [9.17, 15) is 4.79 Å². The fourth-order valence-electron chi connectivity index (χ4n) is 2.28. The lowest BCUT2D eigenvalue weighted by Crippen LogP contribution is -2.38. The van der Waals surface area contributed by atoms with Gasteiger partial charge in [-0.2, -0.15) is 0 Å². The zero-order chi connectivity index (χ0) is 14.9. The van der Waals surface area contributed by atoms with Crippen LogP contribution in [0.5, 0.6) is 0 Å². The van der Waals surface area contributed by atoms with Crippen LogP contribution in [-0.2, 0) is 11.3 Å². The summed E-state index contributed by atoms with van der Waals surface area (Å²) in [6, 6.07) is 7.38. The number of amides is 2. The molecule has 0 aromatic heterocycles. The molecule has 0 radical (unpaired) electrons. The van der Waals surface area contributed by atoms with Crippen molar-refractivity contribution in [3.8, 4) is 0 Å². The summed E-state index contributed by atoms with van der Waals surface area (Å²) in [6.07, 6.45) is 0.941. The van der Waals surface area contributed by atoms with Crippen molar-refractivity contribution in [3.63, 3.8) is 0 Å². The van der Waals surface area contributed by atoms with E-state index in [0.717, 1.165) is 50.5 Å². The Morgan fingerprint density at radius 1 is 1.33 bits per heavy atom. The first-order chi connectivity index (χ1) is 10.3. The van der Waals surface area contributed by atoms with Crippen LogP contribution in [0.1, 0.15) is 12.0 Å². The van der Waals surface area contributed by atoms with Crippen molar-refractivity contribution in [2.45, 2.75) is 13.0 Å². The molecule has 116 valence electrons. The highest BCUT2D eigenvalue weighted by atomic mass is 16.5. The van der Waals surface area contributed by atoms with Crippen molar-refractivity contribution in [2.75, 3.05) is 44.7 Å². The molecular weight excluding hydrogens is 268 g/mol. The summed E-state index contributed by atoms with van der Waals surface area (Å²) >= 11 is 0. The number of nitrogens with two attached hydrogens (primary N) is 1. The van der Waals surface area contributed by atoms with E-state index in [1.165, 1.54) is 0 Å². The maximum absolute atomic E-state index is 11.8. The SMILES string of the molecule is NCc1cccc(NC(=O)NCCCN2CCOCC2)c1. The number of benzene rings is 1. The quantitative estimate of drug-likeness (QED) is 0.683. The first-order valence-electron chi connectivity index (χ1n) is 7.42. The minimum Gasteiger partial charge on any atom is -0.379 e. The lowest BCUT2D eigenvalue weighted by atomic mass is 10.2. The molecule has 0 spiro atoms. The van der Waals surface area contributed by atoms with Gasteiger partial charge in [-0.15, -0.1) is 0 Å². The summed E-state index contributed by atoms with van der Waals surface area (Å²) in [4.78, 5) is 14.1. The summed E-state index contributed by atoms with van der Waals surface area (Å²) in [5.41, 5.74) is 7.34. The number of anilines is 1. The molecule has 21 heavy (non-hydrogen) atoms. The number of urea groups is 1. The minimum absolute atomic E-state index is 0.175. The van der Waals surface area contributed by atoms with E-state index in [4.69, 9.17) is 10.5 Å². The molecule has 1 saturated heterocycles. The standard InChI is InChI=1S/C15H24N4O2/c16-12-13-3-1-4-14(11-13)18-15(20)17-5-2-6-19-7-9-21-10-8-19/h1,3-4,11H,2,5-10,12,16H2,(H2,17,18,20). The van der Waals surface area contributed by atoms with Crippen LogP contribution >= 0.6 is 0 Å². The van der Waals surface area contributed by atoms with Gasteiger partial charge in [0.2, 0.25) is 0 Å². The Bertz CT molecular complexity index is 447. The third-order valence-electron chi connectivity index (χ3n) is 3.46. The fourth-order valence-corrected chi connectivity index (χ4v) is 2.28. The number of morpholine rings is 1.